The number of nitrogens with one attached hydrogen (secondary N) is 1. The van der Waals surface area contributed by atoms with Crippen LogP contribution in [0, 0.1) is 0 Å². The lowest BCUT2D eigenvalue weighted by Crippen LogP contribution is -2.45. The average Bonchev–Trinajstić information content (AvgIpc) is 3.46. The third-order valence-corrected chi connectivity index (χ3v) is 6.75. The van der Waals surface area contributed by atoms with E-state index in [0.29, 0.717) is 25.8 Å². The average molecular weight is 562 g/mol. The zero-order chi connectivity index (χ0) is 29.9. The number of amides is 2. The molecule has 218 valence electrons. The van der Waals surface area contributed by atoms with Gasteiger partial charge in [0.15, 0.2) is 0 Å². The molecule has 1 aromatic heterocycles. The van der Waals surface area contributed by atoms with Gasteiger partial charge in [0.2, 0.25) is 0 Å². The number of carbonyl (C=O) groups excluding carboxylic acids is 3. The topological polar surface area (TPSA) is 110 Å². The molecule has 1 aliphatic carbocycles. The van der Waals surface area contributed by atoms with Crippen molar-refractivity contribution in [1.82, 2.24) is 14.9 Å². The molecule has 2 N–H and O–H groups in total. The molecule has 0 aliphatic heterocycles. The lowest BCUT2D eigenvalue weighted by Gasteiger charge is -2.31. The fourth-order valence-electron chi connectivity index (χ4n) is 5.04. The summed E-state index contributed by atoms with van der Waals surface area (Å²) in [5.74, 6) is -0.604. The molecule has 1 atom stereocenters. The van der Waals surface area contributed by atoms with Crippen molar-refractivity contribution in [2.24, 2.45) is 0 Å². The molecule has 0 radical (unpaired) electrons. The Morgan fingerprint density at radius 3 is 2.37 bits per heavy atom. The smallest absolute Gasteiger partial charge is 0.419 e. The summed E-state index contributed by atoms with van der Waals surface area (Å²) in [6.07, 6.45) is 5.70. The second-order valence-electron chi connectivity index (χ2n) is 12.3. The molecule has 1 unspecified atom stereocenters. The molecular weight excluding hydrogens is 522 g/mol. The van der Waals surface area contributed by atoms with E-state index in [-0.39, 0.29) is 12.1 Å². The van der Waals surface area contributed by atoms with E-state index in [1.165, 1.54) is 10.6 Å². The van der Waals surface area contributed by atoms with Crippen molar-refractivity contribution in [1.29, 1.82) is 0 Å². The van der Waals surface area contributed by atoms with E-state index < -0.39 is 23.2 Å². The number of fused-ring (bicyclic) bond motifs is 2. The van der Waals surface area contributed by atoms with Crippen molar-refractivity contribution in [3.8, 4) is 0 Å². The van der Waals surface area contributed by atoms with Gasteiger partial charge in [-0.25, -0.2) is 15.1 Å². The summed E-state index contributed by atoms with van der Waals surface area (Å²) < 4.78 is 13.0. The zero-order valence-electron chi connectivity index (χ0n) is 24.6. The van der Waals surface area contributed by atoms with Crippen LogP contribution in [0.25, 0.3) is 17.0 Å². The van der Waals surface area contributed by atoms with Crippen LogP contribution in [0.1, 0.15) is 63.8 Å². The largest absolute Gasteiger partial charge is 0.444 e. The molecule has 0 spiro atoms. The van der Waals surface area contributed by atoms with Crippen molar-refractivity contribution in [3.05, 3.63) is 77.0 Å². The Bertz CT molecular complexity index is 1470. The molecule has 9 nitrogen and oxygen atoms in total. The van der Waals surface area contributed by atoms with Crippen LogP contribution in [-0.4, -0.2) is 56.6 Å². The number of hydrogen-bond acceptors (Lipinski definition) is 6. The maximum atomic E-state index is 13.5. The maximum absolute atomic E-state index is 13.5. The van der Waals surface area contributed by atoms with Gasteiger partial charge in [-0.3, -0.25) is 14.6 Å². The van der Waals surface area contributed by atoms with E-state index >= 15 is 0 Å². The van der Waals surface area contributed by atoms with Crippen LogP contribution in [-0.2, 0) is 33.5 Å². The minimum atomic E-state index is -0.654. The second kappa shape index (κ2) is 11.8. The van der Waals surface area contributed by atoms with Gasteiger partial charge in [0.1, 0.15) is 11.2 Å². The molecule has 1 aliphatic rings. The fourth-order valence-corrected chi connectivity index (χ4v) is 5.04. The van der Waals surface area contributed by atoms with Crippen LogP contribution in [0.15, 0.2) is 54.7 Å². The summed E-state index contributed by atoms with van der Waals surface area (Å²) in [4.78, 5) is 39.6. The van der Waals surface area contributed by atoms with Gasteiger partial charge >= 0.3 is 12.2 Å². The molecule has 41 heavy (non-hydrogen) atoms. The number of nitrogens with zero attached hydrogens (tertiary/aromatic N) is 2. The minimum absolute atomic E-state index is 0.112. The predicted octanol–water partition coefficient (Wildman–Crippen LogP) is 5.89. The van der Waals surface area contributed by atoms with Crippen molar-refractivity contribution in [2.45, 2.75) is 78.0 Å². The lowest BCUT2D eigenvalue weighted by molar-refractivity contribution is -0.124. The molecule has 0 bridgehead atoms. The second-order valence-corrected chi connectivity index (χ2v) is 12.3. The first-order valence-electron chi connectivity index (χ1n) is 13.8. The molecular formula is C32H39N3O6. The lowest BCUT2D eigenvalue weighted by atomic mass is 10.1. The third-order valence-electron chi connectivity index (χ3n) is 6.75. The van der Waals surface area contributed by atoms with Gasteiger partial charge in [0.05, 0.1) is 5.52 Å². The highest BCUT2D eigenvalue weighted by atomic mass is 16.6. The van der Waals surface area contributed by atoms with E-state index in [9.17, 15) is 14.4 Å². The predicted molar refractivity (Wildman–Crippen MR) is 157 cm³/mol. The van der Waals surface area contributed by atoms with E-state index in [4.69, 9.17) is 14.7 Å². The molecule has 3 aromatic rings. The first-order chi connectivity index (χ1) is 19.2. The minimum Gasteiger partial charge on any atom is -0.444 e. The van der Waals surface area contributed by atoms with Crippen LogP contribution < -0.4 is 5.48 Å². The molecule has 0 saturated heterocycles. The van der Waals surface area contributed by atoms with Gasteiger partial charge in [-0.1, -0.05) is 36.4 Å². The van der Waals surface area contributed by atoms with E-state index in [1.54, 1.807) is 22.7 Å². The first kappa shape index (κ1) is 29.9. The quantitative estimate of drug-likeness (QED) is 0.221. The molecule has 9 heteroatoms. The van der Waals surface area contributed by atoms with Gasteiger partial charge < -0.3 is 14.4 Å². The van der Waals surface area contributed by atoms with Crippen LogP contribution in [0.3, 0.4) is 0 Å². The number of hydroxylamine groups is 1. The summed E-state index contributed by atoms with van der Waals surface area (Å²) >= 11 is 0. The first-order valence-corrected chi connectivity index (χ1v) is 13.8. The number of ether oxygens (including phenoxy) is 2. The Kier molecular flexibility index (Phi) is 8.58. The van der Waals surface area contributed by atoms with Crippen molar-refractivity contribution >= 4 is 35.1 Å². The summed E-state index contributed by atoms with van der Waals surface area (Å²) in [6, 6.07) is 13.5. The summed E-state index contributed by atoms with van der Waals surface area (Å²) in [5.41, 5.74) is 5.04. The molecule has 1 heterocycles. The number of hydrogen-bond donors (Lipinski definition) is 2. The summed E-state index contributed by atoms with van der Waals surface area (Å²) in [6.45, 7) is 11.5. The van der Waals surface area contributed by atoms with Crippen LogP contribution in [0.5, 0.6) is 0 Å². The number of aromatic nitrogens is 1. The van der Waals surface area contributed by atoms with Crippen LogP contribution in [0.2, 0.25) is 0 Å². The fraction of sp³-hybridized carbons (Fsp3) is 0.406. The van der Waals surface area contributed by atoms with E-state index in [0.717, 1.165) is 33.2 Å². The Morgan fingerprint density at radius 2 is 1.68 bits per heavy atom. The van der Waals surface area contributed by atoms with Gasteiger partial charge in [0, 0.05) is 30.2 Å². The van der Waals surface area contributed by atoms with Crippen LogP contribution >= 0.6 is 0 Å². The van der Waals surface area contributed by atoms with Crippen molar-refractivity contribution in [2.75, 3.05) is 6.54 Å². The van der Waals surface area contributed by atoms with Gasteiger partial charge in [-0.05, 0) is 95.2 Å². The Morgan fingerprint density at radius 1 is 1.00 bits per heavy atom. The van der Waals surface area contributed by atoms with Crippen molar-refractivity contribution in [3.63, 3.8) is 0 Å². The zero-order valence-corrected chi connectivity index (χ0v) is 24.6. The van der Waals surface area contributed by atoms with Crippen molar-refractivity contribution < 1.29 is 29.1 Å². The Hall–Kier alpha value is -4.11. The summed E-state index contributed by atoms with van der Waals surface area (Å²) in [7, 11) is 0. The normalized spacial score (nSPS) is 15.1. The van der Waals surface area contributed by atoms with Gasteiger partial charge in [-0.2, -0.15) is 0 Å². The molecule has 0 fully saturated rings. The number of rotatable bonds is 6. The Labute approximate surface area is 240 Å². The molecule has 0 saturated carbocycles. The molecule has 2 aromatic carbocycles. The number of para-hydroxylation sites is 1. The Balaban J connectivity index is 1.58. The highest BCUT2D eigenvalue weighted by molar-refractivity contribution is 5.92. The standard InChI is InChI=1S/C32H39N3O6/c1-31(2,3)40-29(37)34(25-18-22-13-11-21(17-24(22)19-25)12-14-28(36)33-39)16-15-23-20-35(30(38)41-32(4,5)6)27-10-8-7-9-26(23)27/h7-14,17,20,25,39H,15-16,18-19H2,1-6H3,(H,33,36). The van der Waals surface area contributed by atoms with E-state index in [2.05, 4.69) is 0 Å². The molecule has 4 rings (SSSR count). The highest BCUT2D eigenvalue weighted by Gasteiger charge is 2.33. The number of carbonyl (C=O) groups is 3. The highest BCUT2D eigenvalue weighted by Crippen LogP contribution is 2.30. The monoisotopic (exact) mass is 561 g/mol. The SMILES string of the molecule is CC(C)(C)OC(=O)N(CCc1cn(C(=O)OC(C)(C)C)c2ccccc12)C1Cc2ccc(C=CC(=O)NO)cc2C1. The maximum Gasteiger partial charge on any atom is 0.419 e. The summed E-state index contributed by atoms with van der Waals surface area (Å²) in [5, 5.41) is 9.67. The van der Waals surface area contributed by atoms with Gasteiger partial charge in [-0.15, -0.1) is 0 Å². The molecule has 2 amide bonds. The third kappa shape index (κ3) is 7.55. The number of benzene rings is 2. The van der Waals surface area contributed by atoms with Gasteiger partial charge in [0.25, 0.3) is 5.91 Å². The van der Waals surface area contributed by atoms with Crippen LogP contribution in [0.4, 0.5) is 9.59 Å². The van der Waals surface area contributed by atoms with E-state index in [1.807, 2.05) is 84.0 Å².